The lowest BCUT2D eigenvalue weighted by Gasteiger charge is -2.29. The Morgan fingerprint density at radius 3 is 2.57 bits per heavy atom. The molecule has 0 saturated carbocycles. The Kier molecular flexibility index (Phi) is 6.26. The highest BCUT2D eigenvalue weighted by atomic mass is 16.5. The summed E-state index contributed by atoms with van der Waals surface area (Å²) in [5.41, 5.74) is 1.38. The normalized spacial score (nSPS) is 12.8. The van der Waals surface area contributed by atoms with Crippen LogP contribution in [0.1, 0.15) is 13.3 Å². The molecule has 1 aliphatic heterocycles. The molecule has 7 nitrogen and oxygen atoms in total. The van der Waals surface area contributed by atoms with E-state index < -0.39 is 5.97 Å². The average molecular weight is 382 g/mol. The van der Waals surface area contributed by atoms with Crippen LogP contribution >= 0.6 is 0 Å². The van der Waals surface area contributed by atoms with E-state index in [4.69, 9.17) is 9.47 Å². The van der Waals surface area contributed by atoms with Crippen LogP contribution in [0.4, 0.5) is 11.4 Å². The number of carbonyl (C=O) groups excluding carboxylic acids is 3. The molecule has 0 aromatic heterocycles. The van der Waals surface area contributed by atoms with Crippen LogP contribution < -0.4 is 14.5 Å². The second-order valence-electron chi connectivity index (χ2n) is 6.19. The molecular formula is C21H22N2O5. The third-order valence-corrected chi connectivity index (χ3v) is 4.39. The molecule has 146 valence electrons. The summed E-state index contributed by atoms with van der Waals surface area (Å²) in [4.78, 5) is 39.6. The van der Waals surface area contributed by atoms with Gasteiger partial charge in [0, 0.05) is 18.8 Å². The topological polar surface area (TPSA) is 76.2 Å². The smallest absolute Gasteiger partial charge is 0.308 e. The van der Waals surface area contributed by atoms with Gasteiger partial charge in [0.05, 0.1) is 12.1 Å². The van der Waals surface area contributed by atoms with E-state index in [-0.39, 0.29) is 38.0 Å². The standard InChI is InChI=1S/C21H22N2O5/c1-2-22(16-8-4-3-5-9-16)19(24)15-28-21(26)12-13-23-17-10-6-7-11-18(17)27-14-20(23)25/h3-11H,2,12-15H2,1H3. The van der Waals surface area contributed by atoms with Crippen molar-refractivity contribution < 1.29 is 23.9 Å². The first-order chi connectivity index (χ1) is 13.6. The van der Waals surface area contributed by atoms with Gasteiger partial charge in [-0.1, -0.05) is 30.3 Å². The second-order valence-corrected chi connectivity index (χ2v) is 6.19. The Morgan fingerprint density at radius 2 is 1.82 bits per heavy atom. The van der Waals surface area contributed by atoms with Gasteiger partial charge in [-0.3, -0.25) is 14.4 Å². The first-order valence-corrected chi connectivity index (χ1v) is 9.13. The fraction of sp³-hybridized carbons (Fsp3) is 0.286. The van der Waals surface area contributed by atoms with E-state index in [1.807, 2.05) is 43.3 Å². The Hall–Kier alpha value is -3.35. The zero-order valence-corrected chi connectivity index (χ0v) is 15.7. The van der Waals surface area contributed by atoms with Gasteiger partial charge in [0.25, 0.3) is 11.8 Å². The number of hydrogen-bond donors (Lipinski definition) is 0. The van der Waals surface area contributed by atoms with Gasteiger partial charge in [0.2, 0.25) is 0 Å². The number of fused-ring (bicyclic) bond motifs is 1. The number of anilines is 2. The maximum atomic E-state index is 12.4. The van der Waals surface area contributed by atoms with Gasteiger partial charge in [-0.05, 0) is 31.2 Å². The quantitative estimate of drug-likeness (QED) is 0.688. The van der Waals surface area contributed by atoms with E-state index >= 15 is 0 Å². The molecule has 0 unspecified atom stereocenters. The SMILES string of the molecule is CCN(C(=O)COC(=O)CCN1C(=O)COc2ccccc21)c1ccccc1. The minimum Gasteiger partial charge on any atom is -0.482 e. The van der Waals surface area contributed by atoms with Gasteiger partial charge in [0.15, 0.2) is 13.2 Å². The third-order valence-electron chi connectivity index (χ3n) is 4.39. The first-order valence-electron chi connectivity index (χ1n) is 9.13. The summed E-state index contributed by atoms with van der Waals surface area (Å²) in [5, 5.41) is 0. The summed E-state index contributed by atoms with van der Waals surface area (Å²) in [7, 11) is 0. The molecule has 2 amide bonds. The second kappa shape index (κ2) is 9.03. The zero-order valence-electron chi connectivity index (χ0n) is 15.7. The van der Waals surface area contributed by atoms with Gasteiger partial charge >= 0.3 is 5.97 Å². The van der Waals surface area contributed by atoms with E-state index in [1.54, 1.807) is 23.1 Å². The number of ether oxygens (including phenoxy) is 2. The summed E-state index contributed by atoms with van der Waals surface area (Å²) in [6.07, 6.45) is -0.00911. The lowest BCUT2D eigenvalue weighted by atomic mass is 10.2. The van der Waals surface area contributed by atoms with Crippen LogP contribution in [0.3, 0.4) is 0 Å². The molecule has 0 spiro atoms. The van der Waals surface area contributed by atoms with Crippen molar-refractivity contribution in [3.8, 4) is 5.75 Å². The van der Waals surface area contributed by atoms with E-state index in [9.17, 15) is 14.4 Å². The lowest BCUT2D eigenvalue weighted by Crippen LogP contribution is -2.40. The minimum atomic E-state index is -0.533. The van der Waals surface area contributed by atoms with Gasteiger partial charge < -0.3 is 19.3 Å². The molecule has 0 atom stereocenters. The number of carbonyl (C=O) groups is 3. The number of amides is 2. The number of rotatable bonds is 7. The predicted molar refractivity (Wildman–Crippen MR) is 104 cm³/mol. The van der Waals surface area contributed by atoms with Crippen LogP contribution in [0.5, 0.6) is 5.75 Å². The Morgan fingerprint density at radius 1 is 1.11 bits per heavy atom. The molecule has 2 aromatic rings. The summed E-state index contributed by atoms with van der Waals surface area (Å²) >= 11 is 0. The first kappa shape index (κ1) is 19.4. The third kappa shape index (κ3) is 4.49. The van der Waals surface area contributed by atoms with Gasteiger partial charge in [-0.25, -0.2) is 0 Å². The number of benzene rings is 2. The van der Waals surface area contributed by atoms with Gasteiger partial charge in [-0.15, -0.1) is 0 Å². The van der Waals surface area contributed by atoms with E-state index in [0.29, 0.717) is 18.0 Å². The van der Waals surface area contributed by atoms with Crippen molar-refractivity contribution in [1.29, 1.82) is 0 Å². The van der Waals surface area contributed by atoms with Gasteiger partial charge in [-0.2, -0.15) is 0 Å². The number of nitrogens with zero attached hydrogens (tertiary/aromatic N) is 2. The van der Waals surface area contributed by atoms with Crippen molar-refractivity contribution in [2.75, 3.05) is 36.1 Å². The van der Waals surface area contributed by atoms with Crippen molar-refractivity contribution in [3.05, 3.63) is 54.6 Å². The number of likely N-dealkylation sites (N-methyl/N-ethyl adjacent to an activating group) is 1. The minimum absolute atomic E-state index is 0.00911. The molecule has 3 rings (SSSR count). The van der Waals surface area contributed by atoms with Gasteiger partial charge in [0.1, 0.15) is 5.75 Å². The summed E-state index contributed by atoms with van der Waals surface area (Å²) in [6.45, 7) is 2.10. The van der Waals surface area contributed by atoms with Crippen molar-refractivity contribution in [3.63, 3.8) is 0 Å². The molecule has 1 aliphatic rings. The number of esters is 1. The van der Waals surface area contributed by atoms with Crippen molar-refractivity contribution in [1.82, 2.24) is 0 Å². The van der Waals surface area contributed by atoms with Crippen molar-refractivity contribution in [2.24, 2.45) is 0 Å². The van der Waals surface area contributed by atoms with Crippen LogP contribution in [0.25, 0.3) is 0 Å². The molecule has 0 bridgehead atoms. The molecule has 0 N–H and O–H groups in total. The Bertz CT molecular complexity index is 853. The van der Waals surface area contributed by atoms with Crippen LogP contribution in [-0.2, 0) is 19.1 Å². The molecule has 7 heteroatoms. The van der Waals surface area contributed by atoms with E-state index in [2.05, 4.69) is 0 Å². The van der Waals surface area contributed by atoms with E-state index in [0.717, 1.165) is 5.69 Å². The Balaban J connectivity index is 1.52. The molecule has 0 radical (unpaired) electrons. The number of para-hydroxylation sites is 3. The molecule has 0 fully saturated rings. The van der Waals surface area contributed by atoms with Crippen LogP contribution in [0, 0.1) is 0 Å². The molecule has 1 heterocycles. The Labute approximate surface area is 163 Å². The summed E-state index contributed by atoms with van der Waals surface area (Å²) in [6, 6.07) is 16.4. The molecule has 2 aromatic carbocycles. The van der Waals surface area contributed by atoms with Crippen LogP contribution in [0.2, 0.25) is 0 Å². The fourth-order valence-corrected chi connectivity index (χ4v) is 3.01. The molecule has 28 heavy (non-hydrogen) atoms. The highest BCUT2D eigenvalue weighted by Crippen LogP contribution is 2.31. The lowest BCUT2D eigenvalue weighted by molar-refractivity contribution is -0.147. The fourth-order valence-electron chi connectivity index (χ4n) is 3.01. The predicted octanol–water partition coefficient (Wildman–Crippen LogP) is 2.40. The highest BCUT2D eigenvalue weighted by Gasteiger charge is 2.26. The maximum Gasteiger partial charge on any atom is 0.308 e. The monoisotopic (exact) mass is 382 g/mol. The molecule has 0 aliphatic carbocycles. The number of hydrogen-bond acceptors (Lipinski definition) is 5. The highest BCUT2D eigenvalue weighted by molar-refractivity contribution is 5.98. The average Bonchev–Trinajstić information content (AvgIpc) is 2.73. The largest absolute Gasteiger partial charge is 0.482 e. The maximum absolute atomic E-state index is 12.4. The van der Waals surface area contributed by atoms with Crippen molar-refractivity contribution in [2.45, 2.75) is 13.3 Å². The zero-order chi connectivity index (χ0) is 19.9. The summed E-state index contributed by atoms with van der Waals surface area (Å²) < 4.78 is 10.5. The summed E-state index contributed by atoms with van der Waals surface area (Å²) in [5.74, 6) is -0.444. The molecular weight excluding hydrogens is 360 g/mol. The van der Waals surface area contributed by atoms with Crippen LogP contribution in [-0.4, -0.2) is 44.1 Å². The van der Waals surface area contributed by atoms with Crippen LogP contribution in [0.15, 0.2) is 54.6 Å². The van der Waals surface area contributed by atoms with Crippen molar-refractivity contribution >= 4 is 29.2 Å². The van der Waals surface area contributed by atoms with E-state index in [1.165, 1.54) is 4.90 Å². The molecule has 0 saturated heterocycles.